The minimum Gasteiger partial charge on any atom is -0.463 e. The van der Waals surface area contributed by atoms with Gasteiger partial charge in [-0.1, -0.05) is 18.5 Å². The molecule has 0 amide bonds. The van der Waals surface area contributed by atoms with Gasteiger partial charge in [-0.25, -0.2) is 4.79 Å². The van der Waals surface area contributed by atoms with Gasteiger partial charge in [0.15, 0.2) is 6.20 Å². The molecule has 0 saturated carbocycles. The average Bonchev–Trinajstić information content (AvgIpc) is 2.62. The summed E-state index contributed by atoms with van der Waals surface area (Å²) < 4.78 is 6.71. The van der Waals surface area contributed by atoms with E-state index in [1.807, 2.05) is 10.9 Å². The van der Waals surface area contributed by atoms with E-state index >= 15 is 0 Å². The summed E-state index contributed by atoms with van der Waals surface area (Å²) in [5, 5.41) is 5.81. The third-order valence-electron chi connectivity index (χ3n) is 2.37. The summed E-state index contributed by atoms with van der Waals surface area (Å²) in [7, 11) is 0. The van der Waals surface area contributed by atoms with Crippen molar-refractivity contribution in [1.82, 2.24) is 5.10 Å². The van der Waals surface area contributed by atoms with E-state index < -0.39 is 0 Å². The fourth-order valence-electron chi connectivity index (χ4n) is 1.40. The number of aryl methyl sites for hydroxylation is 1. The van der Waals surface area contributed by atoms with Gasteiger partial charge in [0, 0.05) is 17.7 Å². The lowest BCUT2D eigenvalue weighted by Gasteiger charge is -2.02. The molecule has 4 heteroatoms. The Bertz CT molecular complexity index is 449. The summed E-state index contributed by atoms with van der Waals surface area (Å²) in [4.78, 5) is 10.7. The van der Waals surface area contributed by atoms with Crippen LogP contribution in [-0.2, 0) is 16.1 Å². The molecule has 1 rings (SSSR count). The van der Waals surface area contributed by atoms with Crippen LogP contribution in [0.4, 0.5) is 0 Å². The number of rotatable bonds is 7. The number of hydrogen-bond acceptors (Lipinski definition) is 2. The van der Waals surface area contributed by atoms with Gasteiger partial charge in [-0.3, -0.25) is 4.68 Å². The normalized spacial score (nSPS) is 10.1. The van der Waals surface area contributed by atoms with Gasteiger partial charge in [0.25, 0.3) is 0 Å². The molecule has 0 aliphatic heterocycles. The van der Waals surface area contributed by atoms with Gasteiger partial charge in [0.05, 0.1) is 6.61 Å². The van der Waals surface area contributed by atoms with Crippen LogP contribution >= 0.6 is 0 Å². The van der Waals surface area contributed by atoms with Gasteiger partial charge in [-0.2, -0.15) is 0 Å². The van der Waals surface area contributed by atoms with Crippen molar-refractivity contribution in [1.29, 1.82) is 0 Å². The molecule has 0 saturated heterocycles. The third kappa shape index (κ3) is 4.68. The van der Waals surface area contributed by atoms with Crippen LogP contribution in [0.5, 0.6) is 0 Å². The van der Waals surface area contributed by atoms with Crippen molar-refractivity contribution in [3.63, 3.8) is 0 Å². The Morgan fingerprint density at radius 2 is 2.18 bits per heavy atom. The van der Waals surface area contributed by atoms with E-state index in [1.165, 1.54) is 6.08 Å². The van der Waals surface area contributed by atoms with E-state index in [9.17, 15) is 4.79 Å². The molecule has 0 spiro atoms. The van der Waals surface area contributed by atoms with Gasteiger partial charge in [0.1, 0.15) is 6.54 Å². The predicted octanol–water partition coefficient (Wildman–Crippen LogP) is -0.349. The number of carbonyl (C=O) groups is 1. The fourth-order valence-corrected chi connectivity index (χ4v) is 1.40. The maximum atomic E-state index is 10.7. The molecule has 0 aliphatic rings. The largest absolute Gasteiger partial charge is 0.463 e. The molecule has 0 N–H and O–H groups in total. The monoisotopic (exact) mass is 234 g/mol. The Morgan fingerprint density at radius 1 is 1.41 bits per heavy atom. The van der Waals surface area contributed by atoms with Crippen LogP contribution in [-0.4, -0.2) is 12.6 Å². The standard InChI is InChI=1S/C13H18N2O2/c1-4-13(16)17-9-7-5-6-8-15-10-11(2)12(3)14-15/h4,10H,1-3,5-9H2. The summed E-state index contributed by atoms with van der Waals surface area (Å²) in [5.74, 6) is -0.361. The van der Waals surface area contributed by atoms with Crippen LogP contribution in [0, 0.1) is 0 Å². The first-order valence-electron chi connectivity index (χ1n) is 5.64. The van der Waals surface area contributed by atoms with Gasteiger partial charge >= 0.3 is 5.97 Å². The molecule has 1 aromatic heterocycles. The summed E-state index contributed by atoms with van der Waals surface area (Å²) in [6.07, 6.45) is 5.90. The van der Waals surface area contributed by atoms with Crippen molar-refractivity contribution in [2.75, 3.05) is 6.61 Å². The highest BCUT2D eigenvalue weighted by Gasteiger charge is 1.97. The SMILES string of the molecule is C=CC(=O)OCCCCC[n+]1cc(=C)c(=C)[n-]1. The quantitative estimate of drug-likeness (QED) is 0.280. The van der Waals surface area contributed by atoms with Crippen molar-refractivity contribution in [3.8, 4) is 0 Å². The number of esters is 1. The summed E-state index contributed by atoms with van der Waals surface area (Å²) in [6, 6.07) is 0. The summed E-state index contributed by atoms with van der Waals surface area (Å²) >= 11 is 0. The predicted molar refractivity (Wildman–Crippen MR) is 65.3 cm³/mol. The molecule has 1 aromatic rings. The van der Waals surface area contributed by atoms with Crippen LogP contribution in [0.3, 0.4) is 0 Å². The molecular weight excluding hydrogens is 216 g/mol. The van der Waals surface area contributed by atoms with E-state index in [0.717, 1.165) is 36.4 Å². The van der Waals surface area contributed by atoms with Crippen molar-refractivity contribution < 1.29 is 14.2 Å². The van der Waals surface area contributed by atoms with Crippen molar-refractivity contribution in [2.24, 2.45) is 0 Å². The minimum atomic E-state index is -0.361. The van der Waals surface area contributed by atoms with Crippen molar-refractivity contribution in [2.45, 2.75) is 25.8 Å². The summed E-state index contributed by atoms with van der Waals surface area (Å²) in [6.45, 7) is 12.2. The molecule has 0 bridgehead atoms. The highest BCUT2D eigenvalue weighted by molar-refractivity contribution is 5.81. The highest BCUT2D eigenvalue weighted by Crippen LogP contribution is 1.95. The minimum absolute atomic E-state index is 0.361. The second kappa shape index (κ2) is 6.68. The lowest BCUT2D eigenvalue weighted by molar-refractivity contribution is -0.756. The first-order valence-corrected chi connectivity index (χ1v) is 5.64. The third-order valence-corrected chi connectivity index (χ3v) is 2.37. The van der Waals surface area contributed by atoms with E-state index in [-0.39, 0.29) is 5.97 Å². The lowest BCUT2D eigenvalue weighted by Crippen LogP contribution is -2.39. The van der Waals surface area contributed by atoms with Crippen LogP contribution in [0.15, 0.2) is 18.9 Å². The van der Waals surface area contributed by atoms with E-state index in [2.05, 4.69) is 24.8 Å². The fraction of sp³-hybridized carbons (Fsp3) is 0.385. The Hall–Kier alpha value is -1.84. The van der Waals surface area contributed by atoms with Crippen LogP contribution in [0.2, 0.25) is 0 Å². The molecule has 0 fully saturated rings. The molecule has 4 nitrogen and oxygen atoms in total. The van der Waals surface area contributed by atoms with Crippen molar-refractivity contribution >= 4 is 19.1 Å². The second-order valence-electron chi connectivity index (χ2n) is 3.80. The molecule has 92 valence electrons. The molecule has 1 heterocycles. The molecular formula is C13H18N2O2. The Morgan fingerprint density at radius 3 is 2.76 bits per heavy atom. The first kappa shape index (κ1) is 13.2. The molecule has 0 atom stereocenters. The number of ether oxygens (including phenoxy) is 1. The van der Waals surface area contributed by atoms with E-state index in [0.29, 0.717) is 6.61 Å². The zero-order valence-corrected chi connectivity index (χ0v) is 10.0. The zero-order chi connectivity index (χ0) is 12.7. The van der Waals surface area contributed by atoms with Crippen LogP contribution in [0.1, 0.15) is 19.3 Å². The van der Waals surface area contributed by atoms with E-state index in [4.69, 9.17) is 4.74 Å². The van der Waals surface area contributed by atoms with Gasteiger partial charge in [0.2, 0.25) is 0 Å². The van der Waals surface area contributed by atoms with Crippen LogP contribution in [0.25, 0.3) is 13.2 Å². The zero-order valence-electron chi connectivity index (χ0n) is 10.0. The lowest BCUT2D eigenvalue weighted by atomic mass is 10.2. The molecule has 0 unspecified atom stereocenters. The molecule has 0 aliphatic carbocycles. The maximum Gasteiger partial charge on any atom is 0.330 e. The first-order chi connectivity index (χ1) is 8.13. The second-order valence-corrected chi connectivity index (χ2v) is 3.80. The average molecular weight is 234 g/mol. The van der Waals surface area contributed by atoms with E-state index in [1.54, 1.807) is 0 Å². The highest BCUT2D eigenvalue weighted by atomic mass is 16.5. The molecule has 17 heavy (non-hydrogen) atoms. The Balaban J connectivity index is 2.12. The number of aromatic nitrogens is 2. The van der Waals surface area contributed by atoms with Gasteiger partial charge in [-0.15, -0.1) is 6.58 Å². The topological polar surface area (TPSA) is 44.3 Å². The number of unbranched alkanes of at least 4 members (excludes halogenated alkanes) is 2. The van der Waals surface area contributed by atoms with Gasteiger partial charge < -0.3 is 9.84 Å². The maximum absolute atomic E-state index is 10.7. The Labute approximate surface area is 101 Å². The number of hydrogen-bond donors (Lipinski definition) is 0. The molecule has 0 radical (unpaired) electrons. The Kier molecular flexibility index (Phi) is 5.20. The van der Waals surface area contributed by atoms with Crippen LogP contribution < -0.4 is 20.3 Å². The van der Waals surface area contributed by atoms with Crippen molar-refractivity contribution in [3.05, 3.63) is 29.4 Å². The number of nitrogens with zero attached hydrogens (tertiary/aromatic N) is 2. The summed E-state index contributed by atoms with van der Waals surface area (Å²) in [5.41, 5.74) is 0. The molecule has 0 aromatic carbocycles. The number of carbonyl (C=O) groups excluding carboxylic acids is 1. The smallest absolute Gasteiger partial charge is 0.330 e. The van der Waals surface area contributed by atoms with Gasteiger partial charge in [-0.05, 0) is 12.8 Å².